The molecule has 0 heterocycles. The minimum atomic E-state index is -5.91. The van der Waals surface area contributed by atoms with Crippen molar-refractivity contribution in [3.8, 4) is 0 Å². The fourth-order valence-electron chi connectivity index (χ4n) is 0.378. The third-order valence-electron chi connectivity index (χ3n) is 0.814. The Kier molecular flexibility index (Phi) is 3.38. The van der Waals surface area contributed by atoms with Gasteiger partial charge in [-0.2, -0.15) is 17.6 Å². The lowest BCUT2D eigenvalue weighted by atomic mass is 10.6. The average Bonchev–Trinajstić information content (AvgIpc) is 1.79. The Morgan fingerprint density at radius 3 is 1.57 bits per heavy atom. The standard InChI is InChI=1S/C5H3F7O2/c1-2-13-3(6,7)4(8,9)14-5(10,11)12/h2H,1H2. The van der Waals surface area contributed by atoms with Gasteiger partial charge in [0, 0.05) is 0 Å². The first kappa shape index (κ1) is 13.0. The minimum Gasteiger partial charge on any atom is -0.435 e. The summed E-state index contributed by atoms with van der Waals surface area (Å²) in [5.41, 5.74) is 0. The molecule has 0 saturated carbocycles. The largest absolute Gasteiger partial charge is 0.527 e. The van der Waals surface area contributed by atoms with Crippen molar-refractivity contribution in [1.29, 1.82) is 0 Å². The quantitative estimate of drug-likeness (QED) is 0.544. The zero-order chi connectivity index (χ0) is 11.6. The molecule has 0 aromatic carbocycles. The van der Waals surface area contributed by atoms with Crippen LogP contribution in [0, 0.1) is 0 Å². The van der Waals surface area contributed by atoms with Crippen molar-refractivity contribution in [1.82, 2.24) is 0 Å². The van der Waals surface area contributed by atoms with Crippen LogP contribution >= 0.6 is 0 Å². The van der Waals surface area contributed by atoms with Crippen LogP contribution in [-0.2, 0) is 9.47 Å². The van der Waals surface area contributed by atoms with E-state index in [4.69, 9.17) is 0 Å². The van der Waals surface area contributed by atoms with E-state index in [1.54, 1.807) is 0 Å². The van der Waals surface area contributed by atoms with Gasteiger partial charge in [-0.1, -0.05) is 6.58 Å². The molecule has 0 aliphatic carbocycles. The van der Waals surface area contributed by atoms with Crippen LogP contribution in [0.2, 0.25) is 0 Å². The van der Waals surface area contributed by atoms with Gasteiger partial charge in [-0.25, -0.2) is 4.74 Å². The first-order valence-corrected chi connectivity index (χ1v) is 2.83. The molecule has 0 saturated heterocycles. The van der Waals surface area contributed by atoms with E-state index < -0.39 is 18.6 Å². The van der Waals surface area contributed by atoms with Gasteiger partial charge in [-0.05, 0) is 0 Å². The molecule has 0 unspecified atom stereocenters. The molecule has 0 aromatic heterocycles. The van der Waals surface area contributed by atoms with Crippen LogP contribution in [0.25, 0.3) is 0 Å². The lowest BCUT2D eigenvalue weighted by molar-refractivity contribution is -0.498. The van der Waals surface area contributed by atoms with Crippen molar-refractivity contribution in [2.75, 3.05) is 0 Å². The van der Waals surface area contributed by atoms with Gasteiger partial charge in [0.15, 0.2) is 0 Å². The van der Waals surface area contributed by atoms with Crippen LogP contribution in [0.1, 0.15) is 0 Å². The molecule has 84 valence electrons. The zero-order valence-electron chi connectivity index (χ0n) is 6.25. The van der Waals surface area contributed by atoms with Gasteiger partial charge in [0.1, 0.15) is 0 Å². The fourth-order valence-corrected chi connectivity index (χ4v) is 0.378. The van der Waals surface area contributed by atoms with Gasteiger partial charge in [0.2, 0.25) is 0 Å². The van der Waals surface area contributed by atoms with Crippen LogP contribution < -0.4 is 0 Å². The summed E-state index contributed by atoms with van der Waals surface area (Å²) in [5, 5.41) is 0. The van der Waals surface area contributed by atoms with Gasteiger partial charge in [-0.15, -0.1) is 13.2 Å². The first-order valence-electron chi connectivity index (χ1n) is 2.83. The molecule has 0 N–H and O–H groups in total. The summed E-state index contributed by atoms with van der Waals surface area (Å²) in [7, 11) is 0. The Labute approximate surface area is 72.9 Å². The Hall–Kier alpha value is -0.990. The highest BCUT2D eigenvalue weighted by molar-refractivity contribution is 4.70. The highest BCUT2D eigenvalue weighted by Gasteiger charge is 2.65. The normalized spacial score (nSPS) is 13.9. The summed E-state index contributed by atoms with van der Waals surface area (Å²) in [4.78, 5) is 0. The van der Waals surface area contributed by atoms with Crippen LogP contribution in [-0.4, -0.2) is 18.6 Å². The third kappa shape index (κ3) is 3.40. The van der Waals surface area contributed by atoms with Crippen molar-refractivity contribution in [2.24, 2.45) is 0 Å². The molecule has 0 radical (unpaired) electrons. The van der Waals surface area contributed by atoms with E-state index >= 15 is 0 Å². The van der Waals surface area contributed by atoms with Crippen molar-refractivity contribution >= 4 is 0 Å². The number of halogens is 7. The van der Waals surface area contributed by atoms with E-state index in [0.717, 1.165) is 0 Å². The second kappa shape index (κ2) is 3.64. The summed E-state index contributed by atoms with van der Waals surface area (Å²) >= 11 is 0. The summed E-state index contributed by atoms with van der Waals surface area (Å²) in [6.45, 7) is 2.48. The summed E-state index contributed by atoms with van der Waals surface area (Å²) < 4.78 is 86.6. The number of hydrogen-bond acceptors (Lipinski definition) is 2. The maximum Gasteiger partial charge on any atom is 0.527 e. The molecule has 9 heteroatoms. The third-order valence-corrected chi connectivity index (χ3v) is 0.814. The first-order chi connectivity index (χ1) is 6.02. The van der Waals surface area contributed by atoms with E-state index in [1.165, 1.54) is 0 Å². The molecule has 0 amide bonds. The van der Waals surface area contributed by atoms with E-state index in [0.29, 0.717) is 0 Å². The highest BCUT2D eigenvalue weighted by atomic mass is 19.4. The molecule has 2 nitrogen and oxygen atoms in total. The van der Waals surface area contributed by atoms with Gasteiger partial charge < -0.3 is 4.74 Å². The summed E-state index contributed by atoms with van der Waals surface area (Å²) in [6, 6.07) is 0. The van der Waals surface area contributed by atoms with Gasteiger partial charge in [-0.3, -0.25) is 0 Å². The molecule has 0 aliphatic rings. The molecule has 0 bridgehead atoms. The second-order valence-electron chi connectivity index (χ2n) is 1.87. The van der Waals surface area contributed by atoms with Crippen LogP contribution in [0.15, 0.2) is 12.8 Å². The molecule has 0 aromatic rings. The van der Waals surface area contributed by atoms with E-state index in [2.05, 4.69) is 11.3 Å². The zero-order valence-corrected chi connectivity index (χ0v) is 6.25. The van der Waals surface area contributed by atoms with Crippen LogP contribution in [0.4, 0.5) is 30.7 Å². The van der Waals surface area contributed by atoms with E-state index in [9.17, 15) is 30.7 Å². The maximum atomic E-state index is 12.1. The SMILES string of the molecule is C=COC(F)(F)C(F)(F)OC(F)(F)F. The Bertz CT molecular complexity index is 209. The lowest BCUT2D eigenvalue weighted by Crippen LogP contribution is -2.47. The Morgan fingerprint density at radius 1 is 0.857 bits per heavy atom. The predicted molar refractivity (Wildman–Crippen MR) is 28.3 cm³/mol. The number of alkyl halides is 7. The number of rotatable bonds is 4. The van der Waals surface area contributed by atoms with Crippen molar-refractivity contribution in [3.05, 3.63) is 12.8 Å². The van der Waals surface area contributed by atoms with Crippen LogP contribution in [0.5, 0.6) is 0 Å². The van der Waals surface area contributed by atoms with Gasteiger partial charge in [0.05, 0.1) is 6.26 Å². The lowest BCUT2D eigenvalue weighted by Gasteiger charge is -2.24. The molecular formula is C5H3F7O2. The molecule has 14 heavy (non-hydrogen) atoms. The number of hydrogen-bond donors (Lipinski definition) is 0. The van der Waals surface area contributed by atoms with E-state index in [1.807, 2.05) is 4.74 Å². The molecule has 0 atom stereocenters. The molecular weight excluding hydrogens is 225 g/mol. The van der Waals surface area contributed by atoms with Gasteiger partial charge in [0.25, 0.3) is 0 Å². The molecule has 0 spiro atoms. The predicted octanol–water partition coefficient (Wildman–Crippen LogP) is 2.87. The molecule has 0 rings (SSSR count). The maximum absolute atomic E-state index is 12.1. The fraction of sp³-hybridized carbons (Fsp3) is 0.600. The Morgan fingerprint density at radius 2 is 1.29 bits per heavy atom. The summed E-state index contributed by atoms with van der Waals surface area (Å²) in [5.74, 6) is 0. The summed E-state index contributed by atoms with van der Waals surface area (Å²) in [6.07, 6.45) is -17.3. The van der Waals surface area contributed by atoms with Crippen molar-refractivity contribution in [2.45, 2.75) is 18.6 Å². The van der Waals surface area contributed by atoms with E-state index in [-0.39, 0.29) is 6.26 Å². The topological polar surface area (TPSA) is 18.5 Å². The highest BCUT2D eigenvalue weighted by Crippen LogP contribution is 2.40. The smallest absolute Gasteiger partial charge is 0.435 e. The average molecular weight is 228 g/mol. The second-order valence-corrected chi connectivity index (χ2v) is 1.87. The Balaban J connectivity index is 4.67. The monoisotopic (exact) mass is 228 g/mol. The number of ether oxygens (including phenoxy) is 2. The molecule has 0 aliphatic heterocycles. The van der Waals surface area contributed by atoms with Crippen LogP contribution in [0.3, 0.4) is 0 Å². The van der Waals surface area contributed by atoms with Crippen molar-refractivity contribution < 1.29 is 40.2 Å². The minimum absolute atomic E-state index is 0.131. The van der Waals surface area contributed by atoms with Gasteiger partial charge >= 0.3 is 18.6 Å². The molecule has 0 fully saturated rings. The van der Waals surface area contributed by atoms with Crippen molar-refractivity contribution in [3.63, 3.8) is 0 Å².